The van der Waals surface area contributed by atoms with E-state index in [4.69, 9.17) is 9.52 Å². The third-order valence-electron chi connectivity index (χ3n) is 2.43. The lowest BCUT2D eigenvalue weighted by Crippen LogP contribution is -2.31. The Bertz CT molecular complexity index is 810. The molecule has 2 heterocycles. The number of H-pyrrole nitrogens is 1. The van der Waals surface area contributed by atoms with Crippen molar-refractivity contribution in [3.63, 3.8) is 0 Å². The van der Waals surface area contributed by atoms with Gasteiger partial charge in [-0.3, -0.25) is 14.3 Å². The van der Waals surface area contributed by atoms with Gasteiger partial charge in [-0.25, -0.2) is 14.4 Å². The molecule has 0 amide bonds. The molecule has 0 fully saturated rings. The molecule has 0 saturated heterocycles. The third kappa shape index (κ3) is 1.63. The molecule has 0 aromatic carbocycles. The molecule has 8 nitrogen and oxygen atoms in total. The van der Waals surface area contributed by atoms with E-state index in [1.165, 1.54) is 0 Å². The first kappa shape index (κ1) is 11.8. The maximum atomic E-state index is 11.5. The summed E-state index contributed by atoms with van der Waals surface area (Å²) in [5.74, 6) is -1.50. The van der Waals surface area contributed by atoms with Gasteiger partial charge in [-0.2, -0.15) is 0 Å². The molecule has 0 aliphatic heterocycles. The van der Waals surface area contributed by atoms with Crippen LogP contribution < -0.4 is 16.9 Å². The Labute approximate surface area is 98.1 Å². The Kier molecular flexibility index (Phi) is 2.62. The molecule has 0 saturated carbocycles. The normalized spacial score (nSPS) is 10.7. The van der Waals surface area contributed by atoms with E-state index >= 15 is 0 Å². The summed E-state index contributed by atoms with van der Waals surface area (Å²) in [7, 11) is 0. The smallest absolute Gasteiger partial charge is 0.352 e. The summed E-state index contributed by atoms with van der Waals surface area (Å²) in [5.41, 5.74) is -3.52. The Morgan fingerprint density at radius 3 is 2.67 bits per heavy atom. The lowest BCUT2D eigenvalue weighted by molar-refractivity contribution is 0.0692. The van der Waals surface area contributed by atoms with Crippen molar-refractivity contribution < 1.29 is 14.3 Å². The molecule has 8 heteroatoms. The second-order valence-corrected chi connectivity index (χ2v) is 3.48. The second kappa shape index (κ2) is 3.99. The molecule has 2 rings (SSSR count). The van der Waals surface area contributed by atoms with Gasteiger partial charge in [-0.05, 0) is 13.0 Å². The van der Waals surface area contributed by atoms with Crippen molar-refractivity contribution in [2.45, 2.75) is 13.5 Å². The van der Waals surface area contributed by atoms with Crippen molar-refractivity contribution in [2.75, 3.05) is 0 Å². The van der Waals surface area contributed by atoms with Crippen molar-refractivity contribution in [1.82, 2.24) is 9.55 Å². The molecule has 2 N–H and O–H groups in total. The Morgan fingerprint density at radius 1 is 1.44 bits per heavy atom. The molecular weight excluding hydrogens is 244 g/mol. The van der Waals surface area contributed by atoms with Crippen LogP contribution in [0.15, 0.2) is 24.9 Å². The number of carboxylic acid groups (broad SMARTS) is 1. The molecule has 2 aromatic rings. The number of aromatic nitrogens is 2. The predicted octanol–water partition coefficient (Wildman–Crippen LogP) is -0.639. The van der Waals surface area contributed by atoms with Crippen molar-refractivity contribution in [2.24, 2.45) is 0 Å². The maximum absolute atomic E-state index is 11.5. The first-order valence-electron chi connectivity index (χ1n) is 5.00. The number of nitrogens with zero attached hydrogens (tertiary/aromatic N) is 1. The first-order chi connectivity index (χ1) is 8.45. The summed E-state index contributed by atoms with van der Waals surface area (Å²) in [6.07, 6.45) is 0. The highest BCUT2D eigenvalue weighted by Crippen LogP contribution is 2.07. The number of aryl methyl sites for hydroxylation is 1. The molecule has 0 spiro atoms. The van der Waals surface area contributed by atoms with Gasteiger partial charge in [0.1, 0.15) is 10.9 Å². The quantitative estimate of drug-likeness (QED) is 0.733. The van der Waals surface area contributed by atoms with Gasteiger partial charge < -0.3 is 9.52 Å². The van der Waals surface area contributed by atoms with Crippen LogP contribution in [0.4, 0.5) is 0 Å². The first-order valence-corrected chi connectivity index (χ1v) is 5.00. The van der Waals surface area contributed by atoms with Crippen LogP contribution >= 0.6 is 0 Å². The van der Waals surface area contributed by atoms with Gasteiger partial charge in [0.15, 0.2) is 0 Å². The molecule has 0 radical (unpaired) electrons. The van der Waals surface area contributed by atoms with Gasteiger partial charge >= 0.3 is 17.3 Å². The fraction of sp³-hybridized carbons (Fsp3) is 0.200. The number of rotatable bonds is 2. The molecule has 18 heavy (non-hydrogen) atoms. The Morgan fingerprint density at radius 2 is 2.11 bits per heavy atom. The topological polar surface area (TPSA) is 122 Å². The summed E-state index contributed by atoms with van der Waals surface area (Å²) in [5, 5.41) is 8.60. The van der Waals surface area contributed by atoms with Crippen LogP contribution in [0.5, 0.6) is 0 Å². The lowest BCUT2D eigenvalue weighted by Gasteiger charge is -2.04. The van der Waals surface area contributed by atoms with E-state index < -0.39 is 28.4 Å². The van der Waals surface area contributed by atoms with Gasteiger partial charge in [0.05, 0.1) is 0 Å². The summed E-state index contributed by atoms with van der Waals surface area (Å²) in [6, 6.07) is 0.897. The van der Waals surface area contributed by atoms with Crippen molar-refractivity contribution in [1.29, 1.82) is 0 Å². The number of carboxylic acids is 1. The zero-order valence-electron chi connectivity index (χ0n) is 9.22. The molecule has 0 bridgehead atoms. The zero-order valence-corrected chi connectivity index (χ0v) is 9.22. The number of hydrogen-bond acceptors (Lipinski definition) is 5. The highest BCUT2D eigenvalue weighted by molar-refractivity contribution is 5.90. The minimum atomic E-state index is -1.50. The number of aromatic carboxylic acids is 1. The molecule has 2 aromatic heterocycles. The minimum Gasteiger partial charge on any atom is -0.477 e. The zero-order chi connectivity index (χ0) is 13.4. The molecule has 0 aliphatic rings. The number of fused-ring (bicyclic) bond motifs is 1. The van der Waals surface area contributed by atoms with E-state index in [9.17, 15) is 19.2 Å². The molecular formula is C10H8N2O6. The number of carbonyl (C=O) groups is 1. The highest BCUT2D eigenvalue weighted by atomic mass is 16.4. The van der Waals surface area contributed by atoms with Crippen LogP contribution in [0.1, 0.15) is 17.3 Å². The van der Waals surface area contributed by atoms with E-state index in [2.05, 4.69) is 0 Å². The summed E-state index contributed by atoms with van der Waals surface area (Å²) >= 11 is 0. The van der Waals surface area contributed by atoms with Crippen molar-refractivity contribution in [3.05, 3.63) is 42.9 Å². The molecule has 0 atom stereocenters. The number of aromatic amines is 1. The maximum Gasteiger partial charge on any atom is 0.352 e. The fourth-order valence-electron chi connectivity index (χ4n) is 1.59. The highest BCUT2D eigenvalue weighted by Gasteiger charge is 2.16. The third-order valence-corrected chi connectivity index (χ3v) is 2.43. The Balaban J connectivity index is 3.06. The van der Waals surface area contributed by atoms with Crippen LogP contribution in [-0.4, -0.2) is 20.6 Å². The van der Waals surface area contributed by atoms with Crippen molar-refractivity contribution in [3.8, 4) is 0 Å². The van der Waals surface area contributed by atoms with E-state index in [1.807, 2.05) is 4.98 Å². The van der Waals surface area contributed by atoms with E-state index in [0.29, 0.717) is 0 Å². The molecule has 0 aliphatic carbocycles. The number of nitrogens with one attached hydrogen (secondary N) is 1. The van der Waals surface area contributed by atoms with E-state index in [1.54, 1.807) is 6.92 Å². The average molecular weight is 252 g/mol. The Hall–Kier alpha value is -2.64. The average Bonchev–Trinajstić information content (AvgIpc) is 2.28. The summed E-state index contributed by atoms with van der Waals surface area (Å²) < 4.78 is 5.78. The predicted molar refractivity (Wildman–Crippen MR) is 60.0 cm³/mol. The molecule has 0 unspecified atom stereocenters. The van der Waals surface area contributed by atoms with Gasteiger partial charge in [0.25, 0.3) is 5.56 Å². The van der Waals surface area contributed by atoms with Crippen LogP contribution in [0, 0.1) is 0 Å². The van der Waals surface area contributed by atoms with Crippen LogP contribution in [0.2, 0.25) is 0 Å². The summed E-state index contributed by atoms with van der Waals surface area (Å²) in [6.45, 7) is 1.78. The van der Waals surface area contributed by atoms with Gasteiger partial charge in [0, 0.05) is 6.54 Å². The monoisotopic (exact) mass is 252 g/mol. The van der Waals surface area contributed by atoms with Gasteiger partial charge in [-0.15, -0.1) is 0 Å². The lowest BCUT2D eigenvalue weighted by atomic mass is 10.2. The minimum absolute atomic E-state index is 0.159. The summed E-state index contributed by atoms with van der Waals surface area (Å²) in [4.78, 5) is 47.1. The van der Waals surface area contributed by atoms with E-state index in [-0.39, 0.29) is 17.6 Å². The van der Waals surface area contributed by atoms with Gasteiger partial charge in [-0.1, -0.05) is 0 Å². The fourth-order valence-corrected chi connectivity index (χ4v) is 1.59. The molecule has 94 valence electrons. The van der Waals surface area contributed by atoms with Crippen LogP contribution in [0.3, 0.4) is 0 Å². The SMILES string of the molecule is CCn1c(=O)[nH]c(=O)c2cc(C(=O)O)c(=O)oc21. The van der Waals surface area contributed by atoms with Gasteiger partial charge in [0.2, 0.25) is 5.71 Å². The largest absolute Gasteiger partial charge is 0.477 e. The standard InChI is InChI=1S/C10H8N2O6/c1-2-12-7-4(6(13)11-10(12)17)3-5(8(14)15)9(16)18-7/h3H,2H2,1H3,(H,14,15)(H,11,13,17). The van der Waals surface area contributed by atoms with Crippen LogP contribution in [-0.2, 0) is 6.54 Å². The second-order valence-electron chi connectivity index (χ2n) is 3.48. The van der Waals surface area contributed by atoms with E-state index in [0.717, 1.165) is 10.6 Å². The number of hydrogen-bond donors (Lipinski definition) is 2. The van der Waals surface area contributed by atoms with Crippen LogP contribution in [0.25, 0.3) is 11.1 Å². The van der Waals surface area contributed by atoms with Crippen molar-refractivity contribution >= 4 is 17.1 Å².